The van der Waals surface area contributed by atoms with Crippen molar-refractivity contribution in [1.29, 1.82) is 0 Å². The van der Waals surface area contributed by atoms with Gasteiger partial charge in [0.1, 0.15) is 18.0 Å². The number of hydrogen-bond donors (Lipinski definition) is 0. The molecule has 3 atom stereocenters. The lowest BCUT2D eigenvalue weighted by Gasteiger charge is -2.34. The van der Waals surface area contributed by atoms with Crippen LogP contribution in [0, 0.1) is 11.2 Å². The van der Waals surface area contributed by atoms with Crippen LogP contribution >= 0.6 is 0 Å². The van der Waals surface area contributed by atoms with E-state index >= 15 is 0 Å². The number of esters is 2. The summed E-state index contributed by atoms with van der Waals surface area (Å²) in [4.78, 5) is 37.4. The molecule has 1 saturated heterocycles. The van der Waals surface area contributed by atoms with Gasteiger partial charge in [-0.2, -0.15) is 0 Å². The quantitative estimate of drug-likeness (QED) is 0.479. The van der Waals surface area contributed by atoms with E-state index in [1.165, 1.54) is 35.9 Å². The summed E-state index contributed by atoms with van der Waals surface area (Å²) in [5, 5.41) is 0. The number of allylic oxidation sites excluding steroid dienone is 4. The average molecular weight is 426 g/mol. The normalized spacial score (nSPS) is 25.5. The van der Waals surface area contributed by atoms with Crippen LogP contribution in [-0.4, -0.2) is 29.9 Å². The molecule has 5 nitrogen and oxygen atoms in total. The van der Waals surface area contributed by atoms with Crippen LogP contribution in [0.2, 0.25) is 0 Å². The van der Waals surface area contributed by atoms with Crippen molar-refractivity contribution in [3.8, 4) is 0 Å². The van der Waals surface area contributed by atoms with Gasteiger partial charge in [-0.3, -0.25) is 9.59 Å². The largest absolute Gasteiger partial charge is 0.457 e. The molecule has 2 aliphatic rings. The molecule has 0 saturated carbocycles. The lowest BCUT2D eigenvalue weighted by molar-refractivity contribution is -0.140. The van der Waals surface area contributed by atoms with Gasteiger partial charge in [-0.25, -0.2) is 9.18 Å². The van der Waals surface area contributed by atoms with Gasteiger partial charge in [0.05, 0.1) is 17.4 Å². The molecule has 1 heterocycles. The van der Waals surface area contributed by atoms with E-state index in [1.54, 1.807) is 6.07 Å². The zero-order chi connectivity index (χ0) is 22.6. The van der Waals surface area contributed by atoms with Crippen LogP contribution in [0.3, 0.4) is 0 Å². The van der Waals surface area contributed by atoms with E-state index in [-0.39, 0.29) is 24.2 Å². The monoisotopic (exact) mass is 426 g/mol. The zero-order valence-electron chi connectivity index (χ0n) is 18.0. The Morgan fingerprint density at radius 2 is 2.00 bits per heavy atom. The number of carbonyl (C=O) groups excluding carboxylic acids is 3. The molecule has 6 heteroatoms. The van der Waals surface area contributed by atoms with Gasteiger partial charge in [0.2, 0.25) is 0 Å². The van der Waals surface area contributed by atoms with Crippen molar-refractivity contribution in [3.63, 3.8) is 0 Å². The Morgan fingerprint density at radius 3 is 2.71 bits per heavy atom. The highest BCUT2D eigenvalue weighted by molar-refractivity contribution is 6.00. The minimum atomic E-state index is -1.12. The standard InChI is InChI=1S/C25H27FO5/c1-16(2)7-6-8-17(3)13-22-25(15-23(28)31-22)14-18(11-12-21(25)27)30-24(29)19-9-4-5-10-20(19)26/h4-5,7,9-13,18,22H,6,8,14-15H2,1-3H3/b17-13+/t18-,22-,25?/m1/s1. The Bertz CT molecular complexity index is 970. The van der Waals surface area contributed by atoms with Crippen molar-refractivity contribution in [3.05, 3.63) is 71.1 Å². The van der Waals surface area contributed by atoms with Crippen molar-refractivity contribution >= 4 is 17.7 Å². The Kier molecular flexibility index (Phi) is 6.88. The third-order valence-electron chi connectivity index (χ3n) is 5.66. The maximum absolute atomic E-state index is 13.9. The molecule has 0 radical (unpaired) electrons. The maximum Gasteiger partial charge on any atom is 0.341 e. The van der Waals surface area contributed by atoms with Crippen molar-refractivity contribution in [2.45, 2.75) is 58.7 Å². The fraction of sp³-hybridized carbons (Fsp3) is 0.400. The molecule has 0 amide bonds. The third-order valence-corrected chi connectivity index (χ3v) is 5.66. The van der Waals surface area contributed by atoms with Crippen molar-refractivity contribution in [2.75, 3.05) is 0 Å². The number of ketones is 1. The Balaban J connectivity index is 1.78. The van der Waals surface area contributed by atoms with Crippen molar-refractivity contribution in [1.82, 2.24) is 0 Å². The first-order chi connectivity index (χ1) is 14.7. The first kappa shape index (κ1) is 22.7. The van der Waals surface area contributed by atoms with Gasteiger partial charge >= 0.3 is 11.9 Å². The fourth-order valence-electron chi connectivity index (χ4n) is 3.99. The third kappa shape index (κ3) is 5.19. The minimum Gasteiger partial charge on any atom is -0.457 e. The number of halogens is 1. The molecule has 1 aliphatic heterocycles. The van der Waals surface area contributed by atoms with Crippen LogP contribution in [-0.2, 0) is 19.1 Å². The lowest BCUT2D eigenvalue weighted by atomic mass is 9.69. The Morgan fingerprint density at radius 1 is 1.26 bits per heavy atom. The van der Waals surface area contributed by atoms with E-state index in [4.69, 9.17) is 9.47 Å². The summed E-state index contributed by atoms with van der Waals surface area (Å²) in [6.45, 7) is 6.00. The predicted molar refractivity (Wildman–Crippen MR) is 114 cm³/mol. The van der Waals surface area contributed by atoms with E-state index in [9.17, 15) is 18.8 Å². The summed E-state index contributed by atoms with van der Waals surface area (Å²) in [7, 11) is 0. The number of carbonyl (C=O) groups is 3. The van der Waals surface area contributed by atoms with Crippen LogP contribution in [0.5, 0.6) is 0 Å². The zero-order valence-corrected chi connectivity index (χ0v) is 18.0. The van der Waals surface area contributed by atoms with Gasteiger partial charge in [-0.1, -0.05) is 29.4 Å². The molecule has 0 aromatic heterocycles. The van der Waals surface area contributed by atoms with Crippen LogP contribution in [0.1, 0.15) is 56.8 Å². The molecule has 3 rings (SSSR count). The molecular weight excluding hydrogens is 399 g/mol. The van der Waals surface area contributed by atoms with Crippen molar-refractivity contribution < 1.29 is 28.2 Å². The minimum absolute atomic E-state index is 0.0770. The number of ether oxygens (including phenoxy) is 2. The first-order valence-electron chi connectivity index (χ1n) is 10.4. The molecular formula is C25H27FO5. The lowest BCUT2D eigenvalue weighted by Crippen LogP contribution is -2.43. The number of rotatable bonds is 6. The number of cyclic esters (lactones) is 1. The molecule has 164 valence electrons. The van der Waals surface area contributed by atoms with Crippen LogP contribution in [0.15, 0.2) is 59.7 Å². The van der Waals surface area contributed by atoms with Gasteiger partial charge < -0.3 is 9.47 Å². The summed E-state index contributed by atoms with van der Waals surface area (Å²) in [6, 6.07) is 5.55. The first-order valence-corrected chi connectivity index (χ1v) is 10.4. The van der Waals surface area contributed by atoms with Crippen LogP contribution < -0.4 is 0 Å². The molecule has 0 bridgehead atoms. The van der Waals surface area contributed by atoms with Crippen LogP contribution in [0.25, 0.3) is 0 Å². The molecule has 1 aromatic carbocycles. The summed E-state index contributed by atoms with van der Waals surface area (Å²) in [5.74, 6) is -2.17. The molecule has 1 fully saturated rings. The van der Waals surface area contributed by atoms with Gasteiger partial charge in [-0.05, 0) is 64.0 Å². The molecule has 1 unspecified atom stereocenters. The number of hydrogen-bond acceptors (Lipinski definition) is 5. The summed E-state index contributed by atoms with van der Waals surface area (Å²) < 4.78 is 24.9. The van der Waals surface area contributed by atoms with Crippen molar-refractivity contribution in [2.24, 2.45) is 5.41 Å². The fourth-order valence-corrected chi connectivity index (χ4v) is 3.99. The van der Waals surface area contributed by atoms with E-state index in [2.05, 4.69) is 6.08 Å². The maximum atomic E-state index is 13.9. The van der Waals surface area contributed by atoms with E-state index in [0.29, 0.717) is 0 Å². The van der Waals surface area contributed by atoms with Gasteiger partial charge in [0.25, 0.3) is 0 Å². The van der Waals surface area contributed by atoms with E-state index in [0.717, 1.165) is 18.4 Å². The number of benzene rings is 1. The SMILES string of the molecule is CC(C)=CCC/C(C)=C/[C@H]1OC(=O)CC12C[C@H](OC(=O)c1ccccc1F)C=CC2=O. The topological polar surface area (TPSA) is 69.7 Å². The highest BCUT2D eigenvalue weighted by atomic mass is 19.1. The molecule has 0 N–H and O–H groups in total. The molecule has 1 aromatic rings. The smallest absolute Gasteiger partial charge is 0.341 e. The molecule has 1 aliphatic carbocycles. The highest BCUT2D eigenvalue weighted by Gasteiger charge is 2.55. The Labute approximate surface area is 181 Å². The van der Waals surface area contributed by atoms with E-state index in [1.807, 2.05) is 26.8 Å². The second-order valence-corrected chi connectivity index (χ2v) is 8.43. The predicted octanol–water partition coefficient (Wildman–Crippen LogP) is 4.87. The summed E-state index contributed by atoms with van der Waals surface area (Å²) >= 11 is 0. The molecule has 31 heavy (non-hydrogen) atoms. The average Bonchev–Trinajstić information content (AvgIpc) is 3.00. The Hall–Kier alpha value is -3.02. The second kappa shape index (κ2) is 9.41. The second-order valence-electron chi connectivity index (χ2n) is 8.43. The van der Waals surface area contributed by atoms with Crippen LogP contribution in [0.4, 0.5) is 4.39 Å². The van der Waals surface area contributed by atoms with Gasteiger partial charge in [0.15, 0.2) is 5.78 Å². The highest BCUT2D eigenvalue weighted by Crippen LogP contribution is 2.45. The van der Waals surface area contributed by atoms with Gasteiger partial charge in [-0.15, -0.1) is 0 Å². The summed E-state index contributed by atoms with van der Waals surface area (Å²) in [6.07, 6.45) is 6.96. The van der Waals surface area contributed by atoms with Gasteiger partial charge in [0, 0.05) is 6.42 Å². The van der Waals surface area contributed by atoms with E-state index < -0.39 is 35.4 Å². The summed E-state index contributed by atoms with van der Waals surface area (Å²) in [5.41, 5.74) is 0.943. The molecule has 1 spiro atoms.